The van der Waals surface area contributed by atoms with E-state index in [0.717, 1.165) is 25.9 Å². The van der Waals surface area contributed by atoms with Gasteiger partial charge in [-0.2, -0.15) is 0 Å². The minimum absolute atomic E-state index is 0. The Morgan fingerprint density at radius 2 is 1.55 bits per heavy atom. The minimum Gasteiger partial charge on any atom is -0.354 e. The maximum Gasteiger partial charge on any atom is 0.223 e. The normalized spacial score (nSPS) is 20.0. The van der Waals surface area contributed by atoms with Gasteiger partial charge < -0.3 is 16.0 Å². The van der Waals surface area contributed by atoms with Gasteiger partial charge in [-0.15, -0.1) is 12.4 Å². The van der Waals surface area contributed by atoms with Crippen molar-refractivity contribution in [3.05, 3.63) is 0 Å². The van der Waals surface area contributed by atoms with E-state index >= 15 is 0 Å². The van der Waals surface area contributed by atoms with E-state index in [0.29, 0.717) is 25.4 Å². The lowest BCUT2D eigenvalue weighted by Crippen LogP contribution is -2.41. The van der Waals surface area contributed by atoms with Crippen molar-refractivity contribution < 1.29 is 9.59 Å². The van der Waals surface area contributed by atoms with Gasteiger partial charge in [0.25, 0.3) is 0 Å². The van der Waals surface area contributed by atoms with E-state index in [9.17, 15) is 9.59 Å². The predicted octanol–water partition coefficient (Wildman–Crippen LogP) is 1.61. The molecule has 2 amide bonds. The molecule has 6 heteroatoms. The molecule has 1 saturated carbocycles. The van der Waals surface area contributed by atoms with Crippen LogP contribution in [0.5, 0.6) is 0 Å². The molecule has 5 nitrogen and oxygen atoms in total. The van der Waals surface area contributed by atoms with Crippen LogP contribution in [-0.4, -0.2) is 38.0 Å². The number of hydrogen-bond donors (Lipinski definition) is 3. The van der Waals surface area contributed by atoms with Gasteiger partial charge in [0.15, 0.2) is 0 Å². The number of halogens is 1. The lowest BCUT2D eigenvalue weighted by Gasteiger charge is -2.22. The van der Waals surface area contributed by atoms with Crippen LogP contribution in [0.3, 0.4) is 0 Å². The van der Waals surface area contributed by atoms with Crippen LogP contribution in [0.2, 0.25) is 0 Å². The van der Waals surface area contributed by atoms with Crippen molar-refractivity contribution in [2.45, 2.75) is 51.4 Å². The zero-order valence-electron chi connectivity index (χ0n) is 13.4. The molecule has 1 saturated heterocycles. The quantitative estimate of drug-likeness (QED) is 0.648. The van der Waals surface area contributed by atoms with Crippen molar-refractivity contribution in [2.75, 3.05) is 26.2 Å². The lowest BCUT2D eigenvalue weighted by atomic mass is 9.87. The molecule has 128 valence electrons. The summed E-state index contributed by atoms with van der Waals surface area (Å²) >= 11 is 0. The van der Waals surface area contributed by atoms with Crippen LogP contribution in [0.4, 0.5) is 0 Å². The number of hydrogen-bond acceptors (Lipinski definition) is 3. The first-order valence-corrected chi connectivity index (χ1v) is 8.51. The number of nitrogens with one attached hydrogen (secondary N) is 3. The number of carbonyl (C=O) groups is 2. The van der Waals surface area contributed by atoms with E-state index < -0.39 is 0 Å². The molecule has 2 rings (SSSR count). The summed E-state index contributed by atoms with van der Waals surface area (Å²) in [5.41, 5.74) is 0. The van der Waals surface area contributed by atoms with Crippen molar-refractivity contribution in [3.8, 4) is 0 Å². The predicted molar refractivity (Wildman–Crippen MR) is 90.1 cm³/mol. The van der Waals surface area contributed by atoms with Crippen LogP contribution >= 0.6 is 12.4 Å². The third-order valence-corrected chi connectivity index (χ3v) is 4.66. The standard InChI is InChI=1S/C16H29N3O2.ClH/c20-15(12-13-4-2-1-3-5-13)18-10-11-19-16(21)14-6-8-17-9-7-14;/h13-14,17H,1-12H2,(H,18,20)(H,19,21);1H. The Labute approximate surface area is 139 Å². The summed E-state index contributed by atoms with van der Waals surface area (Å²) in [6.07, 6.45) is 8.73. The van der Waals surface area contributed by atoms with Gasteiger partial charge in [0, 0.05) is 25.4 Å². The molecule has 0 spiro atoms. The molecular weight excluding hydrogens is 302 g/mol. The zero-order chi connectivity index (χ0) is 14.9. The van der Waals surface area contributed by atoms with Gasteiger partial charge in [-0.3, -0.25) is 9.59 Å². The highest BCUT2D eigenvalue weighted by molar-refractivity contribution is 5.85. The average Bonchev–Trinajstić information content (AvgIpc) is 2.53. The molecule has 1 aliphatic carbocycles. The Kier molecular flexibility index (Phi) is 9.48. The van der Waals surface area contributed by atoms with Crippen LogP contribution < -0.4 is 16.0 Å². The molecule has 0 unspecified atom stereocenters. The highest BCUT2D eigenvalue weighted by Crippen LogP contribution is 2.25. The van der Waals surface area contributed by atoms with Gasteiger partial charge >= 0.3 is 0 Å². The second-order valence-electron chi connectivity index (χ2n) is 6.37. The maximum atomic E-state index is 11.9. The summed E-state index contributed by atoms with van der Waals surface area (Å²) in [5.74, 6) is 0.989. The van der Waals surface area contributed by atoms with Gasteiger partial charge in [0.05, 0.1) is 0 Å². The summed E-state index contributed by atoms with van der Waals surface area (Å²) in [6, 6.07) is 0. The second kappa shape index (κ2) is 10.8. The Morgan fingerprint density at radius 3 is 2.23 bits per heavy atom. The number of rotatable bonds is 6. The molecule has 0 aromatic heterocycles. The fourth-order valence-electron chi connectivity index (χ4n) is 3.34. The van der Waals surface area contributed by atoms with Crippen LogP contribution in [0, 0.1) is 11.8 Å². The van der Waals surface area contributed by atoms with Gasteiger partial charge in [-0.1, -0.05) is 19.3 Å². The average molecular weight is 332 g/mol. The van der Waals surface area contributed by atoms with E-state index in [1.165, 1.54) is 32.1 Å². The Balaban J connectivity index is 0.00000242. The summed E-state index contributed by atoms with van der Waals surface area (Å²) in [4.78, 5) is 23.7. The van der Waals surface area contributed by atoms with Crippen molar-refractivity contribution >= 4 is 24.2 Å². The van der Waals surface area contributed by atoms with E-state index in [4.69, 9.17) is 0 Å². The highest BCUT2D eigenvalue weighted by atomic mass is 35.5. The zero-order valence-corrected chi connectivity index (χ0v) is 14.2. The smallest absolute Gasteiger partial charge is 0.223 e. The summed E-state index contributed by atoms with van der Waals surface area (Å²) in [6.45, 7) is 2.94. The minimum atomic E-state index is 0. The second-order valence-corrected chi connectivity index (χ2v) is 6.37. The number of carbonyl (C=O) groups excluding carboxylic acids is 2. The molecule has 1 heterocycles. The van der Waals surface area contributed by atoms with Crippen LogP contribution in [0.25, 0.3) is 0 Å². The van der Waals surface area contributed by atoms with Crippen LogP contribution in [0.1, 0.15) is 51.4 Å². The molecule has 0 aromatic rings. The van der Waals surface area contributed by atoms with Crippen LogP contribution in [-0.2, 0) is 9.59 Å². The number of amides is 2. The fraction of sp³-hybridized carbons (Fsp3) is 0.875. The van der Waals surface area contributed by atoms with Crippen LogP contribution in [0.15, 0.2) is 0 Å². The van der Waals surface area contributed by atoms with Gasteiger partial charge in [-0.05, 0) is 44.7 Å². The van der Waals surface area contributed by atoms with E-state index in [2.05, 4.69) is 16.0 Å². The van der Waals surface area contributed by atoms with Crippen molar-refractivity contribution in [2.24, 2.45) is 11.8 Å². The largest absolute Gasteiger partial charge is 0.354 e. The molecule has 3 N–H and O–H groups in total. The molecule has 0 bridgehead atoms. The Hall–Kier alpha value is -0.810. The lowest BCUT2D eigenvalue weighted by molar-refractivity contribution is -0.126. The first-order valence-electron chi connectivity index (χ1n) is 8.51. The van der Waals surface area contributed by atoms with Crippen molar-refractivity contribution in [3.63, 3.8) is 0 Å². The van der Waals surface area contributed by atoms with E-state index in [1.54, 1.807) is 0 Å². The third kappa shape index (κ3) is 6.97. The molecule has 0 radical (unpaired) electrons. The van der Waals surface area contributed by atoms with Gasteiger partial charge in [-0.25, -0.2) is 0 Å². The molecular formula is C16H30ClN3O2. The topological polar surface area (TPSA) is 70.2 Å². The monoisotopic (exact) mass is 331 g/mol. The molecule has 2 fully saturated rings. The van der Waals surface area contributed by atoms with Gasteiger partial charge in [0.2, 0.25) is 11.8 Å². The fourth-order valence-corrected chi connectivity index (χ4v) is 3.34. The summed E-state index contributed by atoms with van der Waals surface area (Å²) in [7, 11) is 0. The maximum absolute atomic E-state index is 11.9. The molecule has 0 atom stereocenters. The number of piperidine rings is 1. The van der Waals surface area contributed by atoms with E-state index in [1.807, 2.05) is 0 Å². The first kappa shape index (κ1) is 19.2. The van der Waals surface area contributed by atoms with E-state index in [-0.39, 0.29) is 30.1 Å². The summed E-state index contributed by atoms with van der Waals surface area (Å²) in [5, 5.41) is 9.11. The first-order chi connectivity index (χ1) is 10.3. The molecule has 22 heavy (non-hydrogen) atoms. The molecule has 1 aliphatic heterocycles. The highest BCUT2D eigenvalue weighted by Gasteiger charge is 2.20. The van der Waals surface area contributed by atoms with Gasteiger partial charge in [0.1, 0.15) is 0 Å². The Morgan fingerprint density at radius 1 is 0.909 bits per heavy atom. The van der Waals surface area contributed by atoms with Crippen molar-refractivity contribution in [1.29, 1.82) is 0 Å². The summed E-state index contributed by atoms with van der Waals surface area (Å²) < 4.78 is 0. The Bertz CT molecular complexity index is 340. The van der Waals surface area contributed by atoms with Crippen molar-refractivity contribution in [1.82, 2.24) is 16.0 Å². The SMILES string of the molecule is Cl.O=C(CC1CCCCC1)NCCNC(=O)C1CCNCC1. The molecule has 2 aliphatic rings. The third-order valence-electron chi connectivity index (χ3n) is 4.66. The molecule has 0 aromatic carbocycles.